The summed E-state index contributed by atoms with van der Waals surface area (Å²) in [5.41, 5.74) is 2.90. The summed E-state index contributed by atoms with van der Waals surface area (Å²) in [4.78, 5) is 12.7. The van der Waals surface area contributed by atoms with Crippen LogP contribution in [0.5, 0.6) is 6.01 Å². The molecule has 4 rings (SSSR count). The van der Waals surface area contributed by atoms with Crippen molar-refractivity contribution in [3.63, 3.8) is 0 Å². The number of nitrogens with zero attached hydrogens (tertiary/aromatic N) is 4. The third kappa shape index (κ3) is 7.44. The fraction of sp³-hybridized carbons (Fsp3) is 0.308. The fourth-order valence-electron chi connectivity index (χ4n) is 3.95. The number of hydrogen-bond donors (Lipinski definition) is 3. The van der Waals surface area contributed by atoms with Gasteiger partial charge in [0.05, 0.1) is 12.1 Å². The molecule has 0 saturated carbocycles. The van der Waals surface area contributed by atoms with Crippen molar-refractivity contribution in [2.45, 2.75) is 38.5 Å². The smallest absolute Gasteiger partial charge is 0.339 e. The summed E-state index contributed by atoms with van der Waals surface area (Å²) in [5, 5.41) is 28.7. The number of benzene rings is 2. The quantitative estimate of drug-likeness (QED) is 0.251. The van der Waals surface area contributed by atoms with E-state index < -0.39 is 36.3 Å². The Morgan fingerprint density at radius 2 is 1.84 bits per heavy atom. The van der Waals surface area contributed by atoms with Crippen LogP contribution in [0.15, 0.2) is 54.6 Å². The molecule has 0 bridgehead atoms. The Morgan fingerprint density at radius 1 is 1.08 bits per heavy atom. The van der Waals surface area contributed by atoms with E-state index >= 15 is 0 Å². The molecule has 0 aliphatic heterocycles. The molecule has 3 N–H and O–H groups in total. The minimum atomic E-state index is -1.07. The molecule has 4 aromatic rings. The van der Waals surface area contributed by atoms with Crippen LogP contribution >= 0.6 is 11.6 Å². The van der Waals surface area contributed by atoms with E-state index in [1.54, 1.807) is 6.07 Å². The lowest BCUT2D eigenvalue weighted by Crippen LogP contribution is -2.49. The first-order valence-electron chi connectivity index (χ1n) is 12.0. The molecule has 0 aliphatic rings. The molecule has 2 atom stereocenters. The molecule has 200 valence electrons. The van der Waals surface area contributed by atoms with E-state index in [4.69, 9.17) is 16.3 Å². The predicted octanol–water partition coefficient (Wildman–Crippen LogP) is 2.88. The maximum Gasteiger partial charge on any atom is 0.339 e. The molecule has 12 heteroatoms. The number of amides is 1. The highest BCUT2D eigenvalue weighted by molar-refractivity contribution is 6.29. The van der Waals surface area contributed by atoms with Gasteiger partial charge in [0.15, 0.2) is 12.3 Å². The van der Waals surface area contributed by atoms with Crippen molar-refractivity contribution < 1.29 is 23.4 Å². The highest BCUT2D eigenvalue weighted by atomic mass is 35.5. The van der Waals surface area contributed by atoms with Gasteiger partial charge >= 0.3 is 6.01 Å². The van der Waals surface area contributed by atoms with Crippen molar-refractivity contribution in [3.8, 4) is 6.01 Å². The summed E-state index contributed by atoms with van der Waals surface area (Å²) in [7, 11) is 0. The molecule has 0 radical (unpaired) electrons. The van der Waals surface area contributed by atoms with Crippen molar-refractivity contribution in [1.29, 1.82) is 0 Å². The lowest BCUT2D eigenvalue weighted by Gasteiger charge is -2.25. The number of nitrogens with one attached hydrogen (secondary N) is 2. The van der Waals surface area contributed by atoms with Crippen molar-refractivity contribution in [2.24, 2.45) is 0 Å². The normalized spacial score (nSPS) is 12.9. The Kier molecular flexibility index (Phi) is 9.16. The van der Waals surface area contributed by atoms with E-state index in [1.165, 1.54) is 16.1 Å². The number of halogens is 3. The summed E-state index contributed by atoms with van der Waals surface area (Å²) >= 11 is 5.90. The molecule has 1 amide bonds. The SMILES string of the molecule is CCc1cccc(CNC[C@@H](O)[C@H](Cc2cc(F)cc(F)c2)NC(=O)COc2nnc3ccc(Cl)nn23)c1. The highest BCUT2D eigenvalue weighted by Crippen LogP contribution is 2.14. The van der Waals surface area contributed by atoms with Gasteiger partial charge in [-0.25, -0.2) is 8.78 Å². The van der Waals surface area contributed by atoms with Crippen LogP contribution in [0.2, 0.25) is 5.15 Å². The molecule has 2 aromatic heterocycles. The van der Waals surface area contributed by atoms with Crippen LogP contribution in [0.25, 0.3) is 5.65 Å². The number of ether oxygens (including phenoxy) is 1. The Morgan fingerprint density at radius 3 is 2.61 bits per heavy atom. The minimum absolute atomic E-state index is 0.0143. The number of carbonyl (C=O) groups excluding carboxylic acids is 1. The molecule has 2 heterocycles. The predicted molar refractivity (Wildman–Crippen MR) is 137 cm³/mol. The van der Waals surface area contributed by atoms with Gasteiger partial charge < -0.3 is 20.5 Å². The standard InChI is InChI=1S/C26H27ClF2N6O3/c1-2-16-4-3-5-17(8-16)13-30-14-22(36)21(11-18-9-19(28)12-20(29)10-18)31-25(37)15-38-26-33-32-24-7-6-23(27)34-35(24)26/h3-10,12,21-22,30,36H,2,11,13-15H2,1H3,(H,31,37)/t21-,22+/m0/s1. The molecule has 0 aliphatic carbocycles. The van der Waals surface area contributed by atoms with Gasteiger partial charge in [-0.15, -0.1) is 10.2 Å². The number of aryl methyl sites for hydroxylation is 1. The van der Waals surface area contributed by atoms with Crippen LogP contribution in [0, 0.1) is 11.6 Å². The second-order valence-electron chi connectivity index (χ2n) is 8.72. The number of aromatic nitrogens is 4. The minimum Gasteiger partial charge on any atom is -0.452 e. The maximum absolute atomic E-state index is 13.8. The Hall–Kier alpha value is -3.67. The zero-order valence-corrected chi connectivity index (χ0v) is 21.3. The van der Waals surface area contributed by atoms with Gasteiger partial charge in [-0.2, -0.15) is 4.52 Å². The number of aliphatic hydroxyl groups is 1. The molecule has 0 spiro atoms. The zero-order chi connectivity index (χ0) is 27.1. The molecular formula is C26H27ClF2N6O3. The Bertz CT molecular complexity index is 1380. The fourth-order valence-corrected chi connectivity index (χ4v) is 4.09. The summed E-state index contributed by atoms with van der Waals surface area (Å²) < 4.78 is 34.2. The van der Waals surface area contributed by atoms with Crippen molar-refractivity contribution in [2.75, 3.05) is 13.2 Å². The van der Waals surface area contributed by atoms with Crippen LogP contribution in [0.1, 0.15) is 23.6 Å². The van der Waals surface area contributed by atoms with Crippen LogP contribution < -0.4 is 15.4 Å². The molecule has 38 heavy (non-hydrogen) atoms. The summed E-state index contributed by atoms with van der Waals surface area (Å²) in [5.74, 6) is -2.08. The first kappa shape index (κ1) is 27.4. The van der Waals surface area contributed by atoms with E-state index in [1.807, 2.05) is 18.2 Å². The van der Waals surface area contributed by atoms with Crippen LogP contribution in [0.3, 0.4) is 0 Å². The van der Waals surface area contributed by atoms with E-state index in [0.717, 1.165) is 30.2 Å². The number of aliphatic hydroxyl groups excluding tert-OH is 1. The van der Waals surface area contributed by atoms with Crippen molar-refractivity contribution in [3.05, 3.63) is 88.1 Å². The molecule has 0 saturated heterocycles. The zero-order valence-electron chi connectivity index (χ0n) is 20.6. The van der Waals surface area contributed by atoms with Gasteiger partial charge in [-0.3, -0.25) is 4.79 Å². The molecule has 0 unspecified atom stereocenters. The lowest BCUT2D eigenvalue weighted by molar-refractivity contribution is -0.124. The largest absolute Gasteiger partial charge is 0.452 e. The Balaban J connectivity index is 1.40. The van der Waals surface area contributed by atoms with E-state index in [2.05, 4.69) is 38.9 Å². The number of fused-ring (bicyclic) bond motifs is 1. The van der Waals surface area contributed by atoms with E-state index in [0.29, 0.717) is 12.2 Å². The second kappa shape index (κ2) is 12.7. The van der Waals surface area contributed by atoms with Crippen LogP contribution in [-0.2, 0) is 24.2 Å². The number of carbonyl (C=O) groups is 1. The monoisotopic (exact) mass is 544 g/mol. The molecule has 0 fully saturated rings. The van der Waals surface area contributed by atoms with Crippen molar-refractivity contribution in [1.82, 2.24) is 30.4 Å². The first-order valence-corrected chi connectivity index (χ1v) is 12.4. The summed E-state index contributed by atoms with van der Waals surface area (Å²) in [6.07, 6.45) is -0.182. The number of rotatable bonds is 12. The molecule has 2 aromatic carbocycles. The van der Waals surface area contributed by atoms with Gasteiger partial charge in [0.1, 0.15) is 16.8 Å². The van der Waals surface area contributed by atoms with Crippen LogP contribution in [-0.4, -0.2) is 56.1 Å². The third-order valence-electron chi connectivity index (χ3n) is 5.81. The summed E-state index contributed by atoms with van der Waals surface area (Å²) in [6.45, 7) is 2.22. The highest BCUT2D eigenvalue weighted by Gasteiger charge is 2.23. The maximum atomic E-state index is 13.8. The lowest BCUT2D eigenvalue weighted by atomic mass is 10.0. The van der Waals surface area contributed by atoms with Gasteiger partial charge in [0.2, 0.25) is 0 Å². The average Bonchev–Trinajstić information content (AvgIpc) is 3.28. The van der Waals surface area contributed by atoms with Crippen molar-refractivity contribution >= 4 is 23.2 Å². The van der Waals surface area contributed by atoms with Gasteiger partial charge in [-0.1, -0.05) is 47.9 Å². The van der Waals surface area contributed by atoms with Gasteiger partial charge in [-0.05, 0) is 53.8 Å². The molecule has 9 nitrogen and oxygen atoms in total. The first-order chi connectivity index (χ1) is 18.3. The average molecular weight is 545 g/mol. The molecular weight excluding hydrogens is 518 g/mol. The summed E-state index contributed by atoms with van der Waals surface area (Å²) in [6, 6.07) is 13.3. The van der Waals surface area contributed by atoms with Crippen LogP contribution in [0.4, 0.5) is 8.78 Å². The van der Waals surface area contributed by atoms with Gasteiger partial charge in [0.25, 0.3) is 5.91 Å². The third-order valence-corrected chi connectivity index (χ3v) is 6.01. The Labute approximate surface area is 222 Å². The van der Waals surface area contributed by atoms with E-state index in [-0.39, 0.29) is 29.7 Å². The second-order valence-corrected chi connectivity index (χ2v) is 9.11. The van der Waals surface area contributed by atoms with E-state index in [9.17, 15) is 18.7 Å². The topological polar surface area (TPSA) is 114 Å². The number of hydrogen-bond acceptors (Lipinski definition) is 7. The van der Waals surface area contributed by atoms with Gasteiger partial charge in [0, 0.05) is 19.2 Å².